The van der Waals surface area contributed by atoms with Crippen LogP contribution >= 0.6 is 0 Å². The summed E-state index contributed by atoms with van der Waals surface area (Å²) in [5.41, 5.74) is 1.76. The van der Waals surface area contributed by atoms with Crippen LogP contribution in [0.5, 0.6) is 17.2 Å². The predicted molar refractivity (Wildman–Crippen MR) is 125 cm³/mol. The van der Waals surface area contributed by atoms with Crippen LogP contribution in [0.4, 0.5) is 0 Å². The molecule has 2 aromatic carbocycles. The normalized spacial score (nSPS) is 16.6. The van der Waals surface area contributed by atoms with Gasteiger partial charge in [-0.25, -0.2) is 9.78 Å². The predicted octanol–water partition coefficient (Wildman–Crippen LogP) is 3.95. The Labute approximate surface area is 197 Å². The van der Waals surface area contributed by atoms with Crippen LogP contribution in [0.25, 0.3) is 10.9 Å². The Morgan fingerprint density at radius 2 is 1.79 bits per heavy atom. The van der Waals surface area contributed by atoms with Crippen LogP contribution in [-0.2, 0) is 6.42 Å². The number of likely N-dealkylation sites (tertiary alicyclic amines) is 1. The number of hydrogen-bond donors (Lipinski definition) is 1. The molecule has 3 aromatic rings. The van der Waals surface area contributed by atoms with Gasteiger partial charge in [0.25, 0.3) is 5.91 Å². The third-order valence-electron chi connectivity index (χ3n) is 6.87. The average Bonchev–Trinajstić information content (AvgIpc) is 2.87. The highest BCUT2D eigenvalue weighted by atomic mass is 16.5. The number of carboxylic acids is 1. The molecule has 0 saturated carbocycles. The maximum atomic E-state index is 13.4. The second-order valence-corrected chi connectivity index (χ2v) is 8.77. The molecule has 2 aliphatic rings. The maximum Gasteiger partial charge on any atom is 0.335 e. The third-order valence-corrected chi connectivity index (χ3v) is 6.87. The van der Waals surface area contributed by atoms with Gasteiger partial charge in [-0.05, 0) is 48.7 Å². The second kappa shape index (κ2) is 8.52. The molecule has 8 heteroatoms. The van der Waals surface area contributed by atoms with E-state index in [0.717, 1.165) is 29.5 Å². The number of carbonyl (C=O) groups excluding carboxylic acids is 1. The molecule has 1 fully saturated rings. The van der Waals surface area contributed by atoms with Gasteiger partial charge in [-0.3, -0.25) is 4.79 Å². The molecule has 1 amide bonds. The first-order valence-electron chi connectivity index (χ1n) is 11.3. The van der Waals surface area contributed by atoms with E-state index >= 15 is 0 Å². The lowest BCUT2D eigenvalue weighted by atomic mass is 9.82. The molecule has 1 aromatic heterocycles. The molecule has 2 aliphatic heterocycles. The Morgan fingerprint density at radius 3 is 2.50 bits per heavy atom. The van der Waals surface area contributed by atoms with E-state index in [1.165, 1.54) is 0 Å². The van der Waals surface area contributed by atoms with Crippen molar-refractivity contribution < 1.29 is 28.9 Å². The summed E-state index contributed by atoms with van der Waals surface area (Å²) in [6, 6.07) is 12.3. The number of para-hydroxylation sites is 1. The van der Waals surface area contributed by atoms with E-state index in [2.05, 4.69) is 4.98 Å². The molecule has 3 heterocycles. The molecule has 1 spiro atoms. The van der Waals surface area contributed by atoms with Gasteiger partial charge in [0.05, 0.1) is 19.8 Å². The van der Waals surface area contributed by atoms with Gasteiger partial charge in [-0.1, -0.05) is 6.07 Å². The number of rotatable bonds is 4. The lowest BCUT2D eigenvalue weighted by Crippen LogP contribution is -2.51. The number of amides is 1. The number of pyridine rings is 1. The Balaban J connectivity index is 1.34. The van der Waals surface area contributed by atoms with Gasteiger partial charge in [0.1, 0.15) is 34.1 Å². The van der Waals surface area contributed by atoms with Crippen LogP contribution in [0.3, 0.4) is 0 Å². The second-order valence-electron chi connectivity index (χ2n) is 8.77. The fraction of sp³-hybridized carbons (Fsp3) is 0.346. The largest absolute Gasteiger partial charge is 0.496 e. The molecule has 34 heavy (non-hydrogen) atoms. The van der Waals surface area contributed by atoms with E-state index < -0.39 is 5.97 Å². The minimum Gasteiger partial charge on any atom is -0.496 e. The van der Waals surface area contributed by atoms with E-state index in [0.29, 0.717) is 48.6 Å². The van der Waals surface area contributed by atoms with Crippen molar-refractivity contribution in [3.05, 3.63) is 59.3 Å². The van der Waals surface area contributed by atoms with E-state index in [4.69, 9.17) is 14.2 Å². The number of ether oxygens (including phenoxy) is 3. The van der Waals surface area contributed by atoms with Crippen molar-refractivity contribution in [1.29, 1.82) is 0 Å². The summed E-state index contributed by atoms with van der Waals surface area (Å²) in [5, 5.41) is 10.0. The molecule has 5 rings (SSSR count). The van der Waals surface area contributed by atoms with Gasteiger partial charge in [-0.15, -0.1) is 0 Å². The number of aromatic nitrogens is 1. The minimum absolute atomic E-state index is 0.150. The highest BCUT2D eigenvalue weighted by molar-refractivity contribution is 5.98. The molecule has 0 bridgehead atoms. The number of benzene rings is 2. The fourth-order valence-electron chi connectivity index (χ4n) is 4.92. The molecule has 176 valence electrons. The standard InChI is InChI=1S/C26H26N2O6/c1-32-21-5-3-4-18-22(33-2)15-19(27-23(18)21)24(29)28-12-10-26(11-13-28)9-8-16-14-17(25(30)31)6-7-20(16)34-26/h3-7,14-15H,8-13H2,1-2H3,(H,30,31). The quantitative estimate of drug-likeness (QED) is 0.627. The summed E-state index contributed by atoms with van der Waals surface area (Å²) in [7, 11) is 3.15. The van der Waals surface area contributed by atoms with Crippen molar-refractivity contribution >= 4 is 22.8 Å². The van der Waals surface area contributed by atoms with E-state index in [1.54, 1.807) is 43.4 Å². The highest BCUT2D eigenvalue weighted by Crippen LogP contribution is 2.40. The van der Waals surface area contributed by atoms with E-state index in [9.17, 15) is 14.7 Å². The Kier molecular flexibility index (Phi) is 5.51. The number of methoxy groups -OCH3 is 2. The summed E-state index contributed by atoms with van der Waals surface area (Å²) in [5.74, 6) is 0.816. The smallest absolute Gasteiger partial charge is 0.335 e. The molecule has 1 N–H and O–H groups in total. The van der Waals surface area contributed by atoms with Crippen LogP contribution in [-0.4, -0.2) is 59.8 Å². The highest BCUT2D eigenvalue weighted by Gasteiger charge is 2.41. The number of aryl methyl sites for hydroxylation is 1. The SMILES string of the molecule is COc1cc(C(=O)N2CCC3(CCc4cc(C(=O)O)ccc4O3)CC2)nc2c(OC)cccc12. The van der Waals surface area contributed by atoms with Crippen LogP contribution in [0.1, 0.15) is 45.7 Å². The number of aromatic carboxylic acids is 1. The Hall–Kier alpha value is -3.81. The molecular formula is C26H26N2O6. The van der Waals surface area contributed by atoms with Crippen molar-refractivity contribution in [2.45, 2.75) is 31.3 Å². The zero-order valence-electron chi connectivity index (χ0n) is 19.2. The van der Waals surface area contributed by atoms with Crippen LogP contribution < -0.4 is 14.2 Å². The topological polar surface area (TPSA) is 98.2 Å². The van der Waals surface area contributed by atoms with Gasteiger partial charge in [0, 0.05) is 37.4 Å². The number of carbonyl (C=O) groups is 2. The lowest BCUT2D eigenvalue weighted by molar-refractivity contribution is -0.0108. The number of carboxylic acid groups (broad SMARTS) is 1. The number of piperidine rings is 1. The average molecular weight is 463 g/mol. The summed E-state index contributed by atoms with van der Waals surface area (Å²) in [6.45, 7) is 1.10. The summed E-state index contributed by atoms with van der Waals surface area (Å²) >= 11 is 0. The van der Waals surface area contributed by atoms with Crippen LogP contribution in [0.2, 0.25) is 0 Å². The third kappa shape index (κ3) is 3.79. The summed E-state index contributed by atoms with van der Waals surface area (Å²) < 4.78 is 17.3. The van der Waals surface area contributed by atoms with Gasteiger partial charge in [0.2, 0.25) is 0 Å². The molecule has 0 atom stereocenters. The van der Waals surface area contributed by atoms with Crippen molar-refractivity contribution in [2.24, 2.45) is 0 Å². The minimum atomic E-state index is -0.938. The van der Waals surface area contributed by atoms with Gasteiger partial charge in [0.15, 0.2) is 0 Å². The van der Waals surface area contributed by atoms with Crippen molar-refractivity contribution in [1.82, 2.24) is 9.88 Å². The van der Waals surface area contributed by atoms with Crippen molar-refractivity contribution in [3.63, 3.8) is 0 Å². The van der Waals surface area contributed by atoms with Gasteiger partial charge in [-0.2, -0.15) is 0 Å². The number of hydrogen-bond acceptors (Lipinski definition) is 6. The van der Waals surface area contributed by atoms with Crippen molar-refractivity contribution in [2.75, 3.05) is 27.3 Å². The summed E-state index contributed by atoms with van der Waals surface area (Å²) in [4.78, 5) is 31.0. The zero-order chi connectivity index (χ0) is 23.9. The van der Waals surface area contributed by atoms with Crippen LogP contribution in [0.15, 0.2) is 42.5 Å². The first-order valence-corrected chi connectivity index (χ1v) is 11.3. The zero-order valence-corrected chi connectivity index (χ0v) is 19.2. The maximum absolute atomic E-state index is 13.4. The molecular weight excluding hydrogens is 436 g/mol. The monoisotopic (exact) mass is 462 g/mol. The van der Waals surface area contributed by atoms with Gasteiger partial charge < -0.3 is 24.2 Å². The fourth-order valence-corrected chi connectivity index (χ4v) is 4.92. The first kappa shape index (κ1) is 22.0. The van der Waals surface area contributed by atoms with Crippen LogP contribution in [0, 0.1) is 0 Å². The van der Waals surface area contributed by atoms with E-state index in [1.807, 2.05) is 18.2 Å². The first-order chi connectivity index (χ1) is 16.4. The Bertz CT molecular complexity index is 1280. The molecule has 0 unspecified atom stereocenters. The summed E-state index contributed by atoms with van der Waals surface area (Å²) in [6.07, 6.45) is 2.96. The van der Waals surface area contributed by atoms with Crippen molar-refractivity contribution in [3.8, 4) is 17.2 Å². The Morgan fingerprint density at radius 1 is 1.03 bits per heavy atom. The molecule has 0 aliphatic carbocycles. The lowest BCUT2D eigenvalue weighted by Gasteiger charge is -2.44. The molecule has 0 radical (unpaired) electrons. The number of nitrogens with zero attached hydrogens (tertiary/aromatic N) is 2. The molecule has 1 saturated heterocycles. The molecule has 8 nitrogen and oxygen atoms in total. The van der Waals surface area contributed by atoms with E-state index in [-0.39, 0.29) is 17.1 Å². The van der Waals surface area contributed by atoms with Gasteiger partial charge >= 0.3 is 5.97 Å². The number of fused-ring (bicyclic) bond motifs is 2.